The lowest BCUT2D eigenvalue weighted by Gasteiger charge is -2.37. The van der Waals surface area contributed by atoms with Crippen molar-refractivity contribution < 1.29 is 36.6 Å². The number of benzene rings is 4. The molecule has 4 aromatic carbocycles. The molecule has 0 aliphatic rings. The normalized spacial score (nSPS) is 13.8. The van der Waals surface area contributed by atoms with Crippen molar-refractivity contribution in [3.63, 3.8) is 0 Å². The molecule has 1 amide bonds. The van der Waals surface area contributed by atoms with Crippen molar-refractivity contribution in [1.82, 2.24) is 5.32 Å². The van der Waals surface area contributed by atoms with Gasteiger partial charge < -0.3 is 15.5 Å². The third kappa shape index (κ3) is 7.17. The summed E-state index contributed by atoms with van der Waals surface area (Å²) < 4.78 is 68.7. The predicted octanol–water partition coefficient (Wildman–Crippen LogP) is 6.56. The van der Waals surface area contributed by atoms with E-state index < -0.39 is 56.4 Å². The Morgan fingerprint density at radius 3 is 2.11 bits per heavy atom. The quantitative estimate of drug-likeness (QED) is 0.186. The second-order valence-corrected chi connectivity index (χ2v) is 12.8. The molecule has 2 unspecified atom stereocenters. The summed E-state index contributed by atoms with van der Waals surface area (Å²) in [5, 5.41) is 32.5. The molecule has 0 fully saturated rings. The van der Waals surface area contributed by atoms with Gasteiger partial charge in [0.25, 0.3) is 5.91 Å². The number of phenols is 1. The standard InChI is InChI=1S/C31H23Cl2F3N2O5S/c32-24-13-5-19(6-14-24)17-44(42,43)28(20-7-8-21(16-37)26(33)15-20)30(41,22-9-11-23(12-10-22)31(34,35)36)18-38-29(40)25-3-1-2-4-27(25)39/h1-15,28,39,41H,17-18H2,(H,38,40). The molecule has 4 aromatic rings. The molecule has 44 heavy (non-hydrogen) atoms. The van der Waals surface area contributed by atoms with Crippen LogP contribution >= 0.6 is 23.2 Å². The Bertz CT molecular complexity index is 1830. The minimum Gasteiger partial charge on any atom is -0.507 e. The van der Waals surface area contributed by atoms with Crippen LogP contribution in [0.5, 0.6) is 5.75 Å². The highest BCUT2D eigenvalue weighted by atomic mass is 35.5. The molecule has 228 valence electrons. The maximum absolute atomic E-state index is 14.2. The fourth-order valence-corrected chi connectivity index (χ4v) is 7.29. The van der Waals surface area contributed by atoms with E-state index in [0.717, 1.165) is 12.1 Å². The number of rotatable bonds is 9. The molecule has 2 atom stereocenters. The molecule has 4 rings (SSSR count). The zero-order valence-electron chi connectivity index (χ0n) is 22.5. The Hall–Kier alpha value is -4.08. The number of alkyl halides is 3. The summed E-state index contributed by atoms with van der Waals surface area (Å²) in [6.07, 6.45) is -4.73. The molecule has 0 saturated carbocycles. The first-order chi connectivity index (χ1) is 20.7. The number of carbonyl (C=O) groups is 1. The van der Waals surface area contributed by atoms with Crippen molar-refractivity contribution in [1.29, 1.82) is 5.26 Å². The fourth-order valence-electron chi connectivity index (χ4n) is 4.73. The number of sulfone groups is 1. The van der Waals surface area contributed by atoms with Gasteiger partial charge in [-0.3, -0.25) is 4.79 Å². The second-order valence-electron chi connectivity index (χ2n) is 9.86. The number of nitriles is 1. The van der Waals surface area contributed by atoms with E-state index in [1.807, 2.05) is 6.07 Å². The first kappa shape index (κ1) is 32.8. The Morgan fingerprint density at radius 2 is 1.55 bits per heavy atom. The van der Waals surface area contributed by atoms with Gasteiger partial charge in [-0.05, 0) is 65.2 Å². The Morgan fingerprint density at radius 1 is 0.932 bits per heavy atom. The van der Waals surface area contributed by atoms with Crippen LogP contribution < -0.4 is 5.32 Å². The summed E-state index contributed by atoms with van der Waals surface area (Å²) in [6, 6.07) is 20.1. The van der Waals surface area contributed by atoms with Crippen molar-refractivity contribution in [2.75, 3.05) is 6.54 Å². The lowest BCUT2D eigenvalue weighted by atomic mass is 9.85. The summed E-state index contributed by atoms with van der Waals surface area (Å²) in [6.45, 7) is -0.826. The van der Waals surface area contributed by atoms with E-state index in [4.69, 9.17) is 23.2 Å². The van der Waals surface area contributed by atoms with Gasteiger partial charge >= 0.3 is 6.18 Å². The highest BCUT2D eigenvalue weighted by Crippen LogP contribution is 2.44. The van der Waals surface area contributed by atoms with E-state index in [9.17, 15) is 41.9 Å². The smallest absolute Gasteiger partial charge is 0.416 e. The van der Waals surface area contributed by atoms with Gasteiger partial charge in [0.1, 0.15) is 22.7 Å². The van der Waals surface area contributed by atoms with Crippen molar-refractivity contribution in [3.8, 4) is 11.8 Å². The molecule has 0 bridgehead atoms. The van der Waals surface area contributed by atoms with Gasteiger partial charge in [-0.15, -0.1) is 0 Å². The topological polar surface area (TPSA) is 127 Å². The first-order valence-electron chi connectivity index (χ1n) is 12.8. The van der Waals surface area contributed by atoms with E-state index in [0.29, 0.717) is 17.2 Å². The van der Waals surface area contributed by atoms with Crippen molar-refractivity contribution in [3.05, 3.63) is 134 Å². The number of aliphatic hydroxyl groups is 1. The summed E-state index contributed by atoms with van der Waals surface area (Å²) in [5.41, 5.74) is -3.92. The number of hydrogen-bond acceptors (Lipinski definition) is 6. The zero-order chi connectivity index (χ0) is 32.3. The fraction of sp³-hybridized carbons (Fsp3) is 0.161. The third-order valence-corrected chi connectivity index (χ3v) is 9.55. The van der Waals surface area contributed by atoms with Crippen LogP contribution in [0.25, 0.3) is 0 Å². The average molecular weight is 664 g/mol. The molecule has 7 nitrogen and oxygen atoms in total. The number of nitrogens with one attached hydrogen (secondary N) is 1. The summed E-state index contributed by atoms with van der Waals surface area (Å²) in [4.78, 5) is 13.0. The van der Waals surface area contributed by atoms with Gasteiger partial charge in [0, 0.05) is 5.02 Å². The maximum Gasteiger partial charge on any atom is 0.416 e. The SMILES string of the molecule is N#Cc1ccc(C(C(O)(CNC(=O)c2ccccc2O)c2ccc(C(F)(F)F)cc2)S(=O)(=O)Cc2ccc(Cl)cc2)cc1Cl. The minimum atomic E-state index is -4.73. The summed E-state index contributed by atoms with van der Waals surface area (Å²) in [5.74, 6) is -1.93. The van der Waals surface area contributed by atoms with Crippen LogP contribution in [0, 0.1) is 11.3 Å². The van der Waals surface area contributed by atoms with Crippen molar-refractivity contribution >= 4 is 38.9 Å². The lowest BCUT2D eigenvalue weighted by Crippen LogP contribution is -2.47. The lowest BCUT2D eigenvalue weighted by molar-refractivity contribution is -0.137. The van der Waals surface area contributed by atoms with E-state index in [2.05, 4.69) is 5.32 Å². The molecule has 13 heteroatoms. The van der Waals surface area contributed by atoms with Gasteiger partial charge in [0.2, 0.25) is 0 Å². The monoisotopic (exact) mass is 662 g/mol. The molecule has 0 spiro atoms. The number of carbonyl (C=O) groups excluding carboxylic acids is 1. The molecular formula is C31H23Cl2F3N2O5S. The molecular weight excluding hydrogens is 640 g/mol. The number of para-hydroxylation sites is 1. The summed E-state index contributed by atoms with van der Waals surface area (Å²) >= 11 is 12.2. The molecule has 0 aliphatic carbocycles. The number of hydrogen-bond donors (Lipinski definition) is 3. The van der Waals surface area contributed by atoms with Gasteiger partial charge in [-0.25, -0.2) is 8.42 Å². The van der Waals surface area contributed by atoms with Crippen LogP contribution in [-0.2, 0) is 27.4 Å². The van der Waals surface area contributed by atoms with Gasteiger partial charge in [-0.2, -0.15) is 18.4 Å². The van der Waals surface area contributed by atoms with Crippen LogP contribution in [-0.4, -0.2) is 31.1 Å². The van der Waals surface area contributed by atoms with E-state index in [1.165, 1.54) is 66.7 Å². The number of phenolic OH excluding ortho intramolecular Hbond substituents is 1. The van der Waals surface area contributed by atoms with Gasteiger partial charge in [-0.1, -0.05) is 65.7 Å². The minimum absolute atomic E-state index is 0.00944. The van der Waals surface area contributed by atoms with Gasteiger partial charge in [0.05, 0.1) is 34.0 Å². The number of nitrogens with zero attached hydrogens (tertiary/aromatic N) is 1. The molecule has 0 heterocycles. The molecule has 0 saturated heterocycles. The van der Waals surface area contributed by atoms with E-state index >= 15 is 0 Å². The average Bonchev–Trinajstić information content (AvgIpc) is 2.97. The molecule has 3 N–H and O–H groups in total. The van der Waals surface area contributed by atoms with E-state index in [1.54, 1.807) is 0 Å². The highest BCUT2D eigenvalue weighted by Gasteiger charge is 2.48. The van der Waals surface area contributed by atoms with Crippen LogP contribution in [0.3, 0.4) is 0 Å². The second kappa shape index (κ2) is 12.9. The zero-order valence-corrected chi connectivity index (χ0v) is 24.8. The Labute approximate surface area is 261 Å². The van der Waals surface area contributed by atoms with Crippen LogP contribution in [0.1, 0.15) is 43.4 Å². The first-order valence-corrected chi connectivity index (χ1v) is 15.2. The number of amides is 1. The maximum atomic E-state index is 14.2. The van der Waals surface area contributed by atoms with Crippen LogP contribution in [0.4, 0.5) is 13.2 Å². The highest BCUT2D eigenvalue weighted by molar-refractivity contribution is 7.91. The Balaban J connectivity index is 1.91. The largest absolute Gasteiger partial charge is 0.507 e. The third-order valence-electron chi connectivity index (χ3n) is 6.87. The number of halogens is 5. The molecule has 0 aromatic heterocycles. The Kier molecular flexibility index (Phi) is 9.61. The molecule has 0 aliphatic heterocycles. The van der Waals surface area contributed by atoms with Crippen LogP contribution in [0.2, 0.25) is 10.0 Å². The van der Waals surface area contributed by atoms with Crippen molar-refractivity contribution in [2.24, 2.45) is 0 Å². The summed E-state index contributed by atoms with van der Waals surface area (Å²) in [7, 11) is -4.50. The van der Waals surface area contributed by atoms with Gasteiger partial charge in [0.15, 0.2) is 9.84 Å². The molecule has 0 radical (unpaired) electrons. The van der Waals surface area contributed by atoms with Crippen LogP contribution in [0.15, 0.2) is 91.0 Å². The van der Waals surface area contributed by atoms with Crippen molar-refractivity contribution in [2.45, 2.75) is 22.8 Å². The number of aromatic hydroxyl groups is 1. The van der Waals surface area contributed by atoms with E-state index in [-0.39, 0.29) is 32.8 Å². The predicted molar refractivity (Wildman–Crippen MR) is 159 cm³/mol.